The molecular formula is C22H24N4O4. The Balaban J connectivity index is 1.56. The molecule has 2 aliphatic rings. The summed E-state index contributed by atoms with van der Waals surface area (Å²) in [5.41, 5.74) is 3.01. The van der Waals surface area contributed by atoms with E-state index in [1.807, 2.05) is 31.2 Å². The zero-order valence-corrected chi connectivity index (χ0v) is 17.1. The van der Waals surface area contributed by atoms with Gasteiger partial charge in [-0.3, -0.25) is 14.5 Å². The lowest BCUT2D eigenvalue weighted by Crippen LogP contribution is -2.46. The van der Waals surface area contributed by atoms with Gasteiger partial charge in [0, 0.05) is 7.05 Å². The highest BCUT2D eigenvalue weighted by Gasteiger charge is 2.45. The quantitative estimate of drug-likeness (QED) is 0.792. The van der Waals surface area contributed by atoms with E-state index < -0.39 is 12.1 Å². The molecule has 2 aliphatic heterocycles. The number of carbonyl (C=O) groups excluding carboxylic acids is 3. The molecule has 0 spiro atoms. The molecule has 2 atom stereocenters. The minimum atomic E-state index is -0.695. The lowest BCUT2D eigenvalue weighted by Gasteiger charge is -2.31. The van der Waals surface area contributed by atoms with Crippen LogP contribution in [0, 0.1) is 6.92 Å². The van der Waals surface area contributed by atoms with E-state index in [-0.39, 0.29) is 30.9 Å². The molecule has 2 aromatic rings. The first-order chi connectivity index (χ1) is 14.4. The Morgan fingerprint density at radius 3 is 2.80 bits per heavy atom. The summed E-state index contributed by atoms with van der Waals surface area (Å²) in [7, 11) is 1.63. The number of nitrogens with zero attached hydrogens (tertiary/aromatic N) is 2. The van der Waals surface area contributed by atoms with Gasteiger partial charge in [-0.2, -0.15) is 0 Å². The minimum absolute atomic E-state index is 0.204. The van der Waals surface area contributed by atoms with Crippen LogP contribution in [0.2, 0.25) is 0 Å². The number of urea groups is 1. The average Bonchev–Trinajstić information content (AvgIpc) is 3.36. The number of likely N-dealkylation sites (N-methyl/N-ethyl adjacent to an activating group) is 1. The van der Waals surface area contributed by atoms with Crippen LogP contribution in [0.3, 0.4) is 0 Å². The summed E-state index contributed by atoms with van der Waals surface area (Å²) in [4.78, 5) is 41.5. The fourth-order valence-electron chi connectivity index (χ4n) is 3.88. The summed E-state index contributed by atoms with van der Waals surface area (Å²) in [6.07, 6.45) is 1.54. The maximum absolute atomic E-state index is 13.3. The lowest BCUT2D eigenvalue weighted by atomic mass is 9.94. The van der Waals surface area contributed by atoms with Crippen LogP contribution in [0.5, 0.6) is 0 Å². The molecule has 0 saturated heterocycles. The number of carbonyl (C=O) groups is 3. The molecule has 1 aromatic heterocycles. The molecule has 8 nitrogen and oxygen atoms in total. The first-order valence-corrected chi connectivity index (χ1v) is 9.81. The second-order valence-corrected chi connectivity index (χ2v) is 7.62. The van der Waals surface area contributed by atoms with E-state index in [0.29, 0.717) is 17.0 Å². The van der Waals surface area contributed by atoms with Crippen LogP contribution < -0.4 is 10.6 Å². The minimum Gasteiger partial charge on any atom is -0.467 e. The molecule has 0 bridgehead atoms. The van der Waals surface area contributed by atoms with Crippen molar-refractivity contribution in [3.05, 3.63) is 70.8 Å². The van der Waals surface area contributed by atoms with Gasteiger partial charge in [0.2, 0.25) is 5.91 Å². The summed E-state index contributed by atoms with van der Waals surface area (Å²) in [5.74, 6) is 0.104. The van der Waals surface area contributed by atoms with Gasteiger partial charge in [-0.1, -0.05) is 29.8 Å². The van der Waals surface area contributed by atoms with Crippen molar-refractivity contribution < 1.29 is 18.8 Å². The van der Waals surface area contributed by atoms with E-state index in [4.69, 9.17) is 4.42 Å². The molecular weight excluding hydrogens is 384 g/mol. The Kier molecular flexibility index (Phi) is 5.07. The molecule has 0 radical (unpaired) electrons. The van der Waals surface area contributed by atoms with Crippen LogP contribution >= 0.6 is 0 Å². The Labute approximate surface area is 174 Å². The smallest absolute Gasteiger partial charge is 0.322 e. The van der Waals surface area contributed by atoms with Crippen LogP contribution in [0.4, 0.5) is 4.79 Å². The molecule has 8 heteroatoms. The normalized spacial score (nSPS) is 19.6. The molecule has 156 valence electrons. The zero-order valence-electron chi connectivity index (χ0n) is 17.1. The molecule has 3 heterocycles. The zero-order chi connectivity index (χ0) is 21.4. The van der Waals surface area contributed by atoms with E-state index in [1.54, 1.807) is 26.1 Å². The van der Waals surface area contributed by atoms with E-state index in [9.17, 15) is 14.4 Å². The fourth-order valence-corrected chi connectivity index (χ4v) is 3.88. The summed E-state index contributed by atoms with van der Waals surface area (Å²) >= 11 is 0. The third-order valence-corrected chi connectivity index (χ3v) is 5.63. The highest BCUT2D eigenvalue weighted by molar-refractivity contribution is 6.03. The van der Waals surface area contributed by atoms with Crippen LogP contribution in [0.1, 0.15) is 29.9 Å². The first kappa shape index (κ1) is 19.8. The number of aryl methyl sites for hydroxylation is 1. The molecule has 4 amide bonds. The van der Waals surface area contributed by atoms with Crippen LogP contribution in [0.25, 0.3) is 0 Å². The highest BCUT2D eigenvalue weighted by Crippen LogP contribution is 2.36. The Hall–Kier alpha value is -3.55. The third kappa shape index (κ3) is 3.45. The fraction of sp³-hybridized carbons (Fsp3) is 0.318. The van der Waals surface area contributed by atoms with Gasteiger partial charge in [-0.15, -0.1) is 0 Å². The number of hydrogen-bond acceptors (Lipinski definition) is 4. The van der Waals surface area contributed by atoms with Crippen molar-refractivity contribution in [2.24, 2.45) is 0 Å². The predicted molar refractivity (Wildman–Crippen MR) is 109 cm³/mol. The predicted octanol–water partition coefficient (Wildman–Crippen LogP) is 2.09. The molecule has 0 saturated carbocycles. The maximum atomic E-state index is 13.3. The van der Waals surface area contributed by atoms with Crippen LogP contribution in [0.15, 0.2) is 58.3 Å². The largest absolute Gasteiger partial charge is 0.467 e. The highest BCUT2D eigenvalue weighted by atomic mass is 16.3. The van der Waals surface area contributed by atoms with Crippen molar-refractivity contribution in [1.82, 2.24) is 20.4 Å². The van der Waals surface area contributed by atoms with Crippen LogP contribution in [-0.2, 0) is 16.1 Å². The number of furan rings is 1. The van der Waals surface area contributed by atoms with Gasteiger partial charge < -0.3 is 20.0 Å². The van der Waals surface area contributed by atoms with Gasteiger partial charge in [0.15, 0.2) is 0 Å². The average molecular weight is 408 g/mol. The topological polar surface area (TPSA) is 94.9 Å². The van der Waals surface area contributed by atoms with Gasteiger partial charge in [-0.05, 0) is 31.5 Å². The van der Waals surface area contributed by atoms with E-state index in [2.05, 4.69) is 10.6 Å². The summed E-state index contributed by atoms with van der Waals surface area (Å²) < 4.78 is 5.23. The van der Waals surface area contributed by atoms with Gasteiger partial charge in [-0.25, -0.2) is 4.79 Å². The van der Waals surface area contributed by atoms with Gasteiger partial charge in [0.25, 0.3) is 5.91 Å². The molecule has 4 rings (SSSR count). The maximum Gasteiger partial charge on any atom is 0.322 e. The van der Waals surface area contributed by atoms with Gasteiger partial charge in [0.05, 0.1) is 36.7 Å². The molecule has 1 aromatic carbocycles. The van der Waals surface area contributed by atoms with Crippen molar-refractivity contribution in [2.75, 3.05) is 13.6 Å². The van der Waals surface area contributed by atoms with E-state index in [1.165, 1.54) is 16.1 Å². The Morgan fingerprint density at radius 2 is 2.10 bits per heavy atom. The number of nitrogens with one attached hydrogen (secondary N) is 2. The lowest BCUT2D eigenvalue weighted by molar-refractivity contribution is -0.135. The second kappa shape index (κ2) is 7.70. The van der Waals surface area contributed by atoms with E-state index >= 15 is 0 Å². The third-order valence-electron chi connectivity index (χ3n) is 5.63. The number of hydrogen-bond donors (Lipinski definition) is 2. The molecule has 2 unspecified atom stereocenters. The van der Waals surface area contributed by atoms with Crippen molar-refractivity contribution in [3.63, 3.8) is 0 Å². The Morgan fingerprint density at radius 1 is 1.30 bits per heavy atom. The monoisotopic (exact) mass is 408 g/mol. The summed E-state index contributed by atoms with van der Waals surface area (Å²) in [6, 6.07) is 9.72. The number of rotatable bonds is 5. The van der Waals surface area contributed by atoms with Crippen molar-refractivity contribution in [3.8, 4) is 0 Å². The Bertz CT molecular complexity index is 1030. The standard InChI is InChI=1S/C22H24N4O4/c1-13-6-4-7-15(10-13)19-18-17(25(3)22(29)24-19)12-26(21(18)28)14(2)20(27)23-11-16-8-5-9-30-16/h4-10,14,19H,11-12H2,1-3H3,(H,23,27)(H,24,29). The van der Waals surface area contributed by atoms with Crippen molar-refractivity contribution in [1.29, 1.82) is 0 Å². The van der Waals surface area contributed by atoms with Crippen molar-refractivity contribution >= 4 is 17.8 Å². The van der Waals surface area contributed by atoms with E-state index in [0.717, 1.165) is 11.1 Å². The number of amides is 4. The SMILES string of the molecule is Cc1cccc(C2NC(=O)N(C)C3=C2C(=O)N(C(C)C(=O)NCc2ccco2)C3)c1. The second-order valence-electron chi connectivity index (χ2n) is 7.62. The molecule has 2 N–H and O–H groups in total. The summed E-state index contributed by atoms with van der Waals surface area (Å²) in [5, 5.41) is 5.71. The van der Waals surface area contributed by atoms with Crippen LogP contribution in [-0.4, -0.2) is 47.3 Å². The molecule has 0 aliphatic carbocycles. The molecule has 30 heavy (non-hydrogen) atoms. The number of benzene rings is 1. The summed E-state index contributed by atoms with van der Waals surface area (Å²) in [6.45, 7) is 4.10. The van der Waals surface area contributed by atoms with Crippen molar-refractivity contribution in [2.45, 2.75) is 32.5 Å². The van der Waals surface area contributed by atoms with Gasteiger partial charge in [0.1, 0.15) is 11.8 Å². The molecule has 0 fully saturated rings. The first-order valence-electron chi connectivity index (χ1n) is 9.81. The van der Waals surface area contributed by atoms with Gasteiger partial charge >= 0.3 is 6.03 Å².